The van der Waals surface area contributed by atoms with Gasteiger partial charge in [-0.2, -0.15) is 0 Å². The Morgan fingerprint density at radius 1 is 1.00 bits per heavy atom. The number of nitrogens with zero attached hydrogens (tertiary/aromatic N) is 2. The Balaban J connectivity index is 2.36. The SMILES string of the molecule is Cn1ccc2cccc(-c3ccccn3)c21. The first-order valence-electron chi connectivity index (χ1n) is 5.32. The molecule has 1 aromatic carbocycles. The van der Waals surface area contributed by atoms with Crippen LogP contribution in [0.4, 0.5) is 0 Å². The molecule has 0 radical (unpaired) electrons. The van der Waals surface area contributed by atoms with E-state index in [0.29, 0.717) is 0 Å². The highest BCUT2D eigenvalue weighted by atomic mass is 14.9. The standard InChI is InChI=1S/C14H12N2/c1-16-10-8-11-5-4-6-12(14(11)16)13-7-2-3-9-15-13/h2-10H,1H3. The molecule has 0 unspecified atom stereocenters. The maximum Gasteiger partial charge on any atom is 0.0723 e. The lowest BCUT2D eigenvalue weighted by atomic mass is 10.1. The quantitative estimate of drug-likeness (QED) is 0.600. The molecule has 0 spiro atoms. The van der Waals surface area contributed by atoms with Crippen LogP contribution < -0.4 is 0 Å². The van der Waals surface area contributed by atoms with Crippen molar-refractivity contribution in [1.29, 1.82) is 0 Å². The Morgan fingerprint density at radius 2 is 1.94 bits per heavy atom. The summed E-state index contributed by atoms with van der Waals surface area (Å²) >= 11 is 0. The molecule has 0 fully saturated rings. The molecular formula is C14H12N2. The van der Waals surface area contributed by atoms with Crippen LogP contribution in [0.2, 0.25) is 0 Å². The van der Waals surface area contributed by atoms with Crippen LogP contribution in [0.25, 0.3) is 22.2 Å². The summed E-state index contributed by atoms with van der Waals surface area (Å²) in [7, 11) is 2.06. The first kappa shape index (κ1) is 9.16. The molecule has 78 valence electrons. The fourth-order valence-corrected chi connectivity index (χ4v) is 2.08. The van der Waals surface area contributed by atoms with Gasteiger partial charge in [0, 0.05) is 30.4 Å². The highest BCUT2D eigenvalue weighted by Crippen LogP contribution is 2.27. The number of hydrogen-bond donors (Lipinski definition) is 0. The van der Waals surface area contributed by atoms with Crippen LogP contribution in [0.5, 0.6) is 0 Å². The van der Waals surface area contributed by atoms with Crippen molar-refractivity contribution in [2.45, 2.75) is 0 Å². The topological polar surface area (TPSA) is 17.8 Å². The normalized spacial score (nSPS) is 10.8. The summed E-state index contributed by atoms with van der Waals surface area (Å²) in [6, 6.07) is 14.4. The van der Waals surface area contributed by atoms with Gasteiger partial charge in [0.15, 0.2) is 0 Å². The van der Waals surface area contributed by atoms with Gasteiger partial charge in [0.05, 0.1) is 11.2 Å². The molecular weight excluding hydrogens is 196 g/mol. The zero-order valence-corrected chi connectivity index (χ0v) is 9.09. The third-order valence-corrected chi connectivity index (χ3v) is 2.84. The summed E-state index contributed by atoms with van der Waals surface area (Å²) in [5.41, 5.74) is 3.45. The molecule has 2 nitrogen and oxygen atoms in total. The molecule has 2 aromatic heterocycles. The number of hydrogen-bond acceptors (Lipinski definition) is 1. The molecule has 16 heavy (non-hydrogen) atoms. The largest absolute Gasteiger partial charge is 0.350 e. The first-order valence-corrected chi connectivity index (χ1v) is 5.32. The molecule has 3 rings (SSSR count). The van der Waals surface area contributed by atoms with Crippen molar-refractivity contribution in [2.75, 3.05) is 0 Å². The maximum absolute atomic E-state index is 4.41. The summed E-state index contributed by atoms with van der Waals surface area (Å²) in [6.07, 6.45) is 3.91. The van der Waals surface area contributed by atoms with Crippen LogP contribution in [0, 0.1) is 0 Å². The van der Waals surface area contributed by atoms with Gasteiger partial charge in [-0.25, -0.2) is 0 Å². The predicted molar refractivity (Wildman–Crippen MR) is 66.2 cm³/mol. The van der Waals surface area contributed by atoms with Crippen LogP contribution in [0.1, 0.15) is 0 Å². The smallest absolute Gasteiger partial charge is 0.0723 e. The number of para-hydroxylation sites is 1. The van der Waals surface area contributed by atoms with E-state index in [1.54, 1.807) is 0 Å². The Kier molecular flexibility index (Phi) is 2.00. The van der Waals surface area contributed by atoms with E-state index >= 15 is 0 Å². The van der Waals surface area contributed by atoms with Crippen LogP contribution in [0.3, 0.4) is 0 Å². The van der Waals surface area contributed by atoms with E-state index in [4.69, 9.17) is 0 Å². The molecule has 0 aliphatic heterocycles. The van der Waals surface area contributed by atoms with Gasteiger partial charge in [0.25, 0.3) is 0 Å². The van der Waals surface area contributed by atoms with E-state index in [0.717, 1.165) is 5.69 Å². The number of benzene rings is 1. The van der Waals surface area contributed by atoms with Crippen LogP contribution in [-0.4, -0.2) is 9.55 Å². The molecule has 0 N–H and O–H groups in total. The Morgan fingerprint density at radius 3 is 2.75 bits per heavy atom. The molecule has 0 amide bonds. The van der Waals surface area contributed by atoms with Gasteiger partial charge >= 0.3 is 0 Å². The zero-order chi connectivity index (χ0) is 11.0. The van der Waals surface area contributed by atoms with Crippen molar-refractivity contribution in [2.24, 2.45) is 7.05 Å². The van der Waals surface area contributed by atoms with Crippen LogP contribution in [0.15, 0.2) is 54.9 Å². The second-order valence-corrected chi connectivity index (χ2v) is 3.89. The first-order chi connectivity index (χ1) is 7.86. The maximum atomic E-state index is 4.41. The number of fused-ring (bicyclic) bond motifs is 1. The number of pyridine rings is 1. The van der Waals surface area contributed by atoms with Gasteiger partial charge in [-0.05, 0) is 18.2 Å². The summed E-state index contributed by atoms with van der Waals surface area (Å²) in [5, 5.41) is 1.26. The minimum atomic E-state index is 1.02. The van der Waals surface area contributed by atoms with Crippen LogP contribution >= 0.6 is 0 Å². The predicted octanol–water partition coefficient (Wildman–Crippen LogP) is 3.24. The third kappa shape index (κ3) is 1.31. The molecule has 0 saturated carbocycles. The second-order valence-electron chi connectivity index (χ2n) is 3.89. The monoisotopic (exact) mass is 208 g/mol. The van der Waals surface area contributed by atoms with Crippen molar-refractivity contribution < 1.29 is 0 Å². The van der Waals surface area contributed by atoms with Crippen LogP contribution in [-0.2, 0) is 7.05 Å². The van der Waals surface area contributed by atoms with Crippen molar-refractivity contribution in [3.8, 4) is 11.3 Å². The minimum absolute atomic E-state index is 1.02. The average molecular weight is 208 g/mol. The number of rotatable bonds is 1. The van der Waals surface area contributed by atoms with Crippen molar-refractivity contribution in [3.05, 3.63) is 54.9 Å². The number of aryl methyl sites for hydroxylation is 1. The fraction of sp³-hybridized carbons (Fsp3) is 0.0714. The van der Waals surface area contributed by atoms with Gasteiger partial charge in [-0.3, -0.25) is 4.98 Å². The second kappa shape index (κ2) is 3.49. The highest BCUT2D eigenvalue weighted by Gasteiger charge is 2.06. The van der Waals surface area contributed by atoms with Gasteiger partial charge in [-0.15, -0.1) is 0 Å². The van der Waals surface area contributed by atoms with E-state index in [9.17, 15) is 0 Å². The summed E-state index contributed by atoms with van der Waals surface area (Å²) in [6.45, 7) is 0. The Bertz CT molecular complexity index is 624. The summed E-state index contributed by atoms with van der Waals surface area (Å²) in [4.78, 5) is 4.41. The zero-order valence-electron chi connectivity index (χ0n) is 9.09. The van der Waals surface area contributed by atoms with E-state index in [1.165, 1.54) is 16.5 Å². The molecule has 2 heterocycles. The van der Waals surface area contributed by atoms with Crippen molar-refractivity contribution in [3.63, 3.8) is 0 Å². The average Bonchev–Trinajstić information content (AvgIpc) is 2.73. The summed E-state index contributed by atoms with van der Waals surface area (Å²) in [5.74, 6) is 0. The molecule has 0 aliphatic rings. The lowest BCUT2D eigenvalue weighted by molar-refractivity contribution is 0.969. The molecule has 0 aliphatic carbocycles. The van der Waals surface area contributed by atoms with Gasteiger partial charge in [0.1, 0.15) is 0 Å². The van der Waals surface area contributed by atoms with E-state index < -0.39 is 0 Å². The van der Waals surface area contributed by atoms with E-state index in [-0.39, 0.29) is 0 Å². The Hall–Kier alpha value is -2.09. The number of aromatic nitrogens is 2. The van der Waals surface area contributed by atoms with Crippen molar-refractivity contribution in [1.82, 2.24) is 9.55 Å². The molecule has 0 atom stereocenters. The lowest BCUT2D eigenvalue weighted by Gasteiger charge is -2.05. The fourth-order valence-electron chi connectivity index (χ4n) is 2.08. The Labute approximate surface area is 94.2 Å². The molecule has 0 saturated heterocycles. The molecule has 3 aromatic rings. The molecule has 2 heteroatoms. The minimum Gasteiger partial charge on any atom is -0.350 e. The third-order valence-electron chi connectivity index (χ3n) is 2.84. The van der Waals surface area contributed by atoms with Gasteiger partial charge in [-0.1, -0.05) is 24.3 Å². The molecule has 0 bridgehead atoms. The van der Waals surface area contributed by atoms with Gasteiger partial charge in [0.2, 0.25) is 0 Å². The van der Waals surface area contributed by atoms with E-state index in [2.05, 4.69) is 47.1 Å². The highest BCUT2D eigenvalue weighted by molar-refractivity contribution is 5.93. The summed E-state index contributed by atoms with van der Waals surface area (Å²) < 4.78 is 2.14. The van der Waals surface area contributed by atoms with Crippen molar-refractivity contribution >= 4 is 10.9 Å². The lowest BCUT2D eigenvalue weighted by Crippen LogP contribution is -1.89. The van der Waals surface area contributed by atoms with E-state index in [1.807, 2.05) is 24.4 Å². The van der Waals surface area contributed by atoms with Gasteiger partial charge < -0.3 is 4.57 Å².